The second-order valence-electron chi connectivity index (χ2n) is 5.67. The fourth-order valence-corrected chi connectivity index (χ4v) is 3.57. The van der Waals surface area contributed by atoms with Crippen molar-refractivity contribution in [1.82, 2.24) is 4.90 Å². The zero-order valence-corrected chi connectivity index (χ0v) is 10.3. The van der Waals surface area contributed by atoms with E-state index in [0.29, 0.717) is 11.6 Å². The summed E-state index contributed by atoms with van der Waals surface area (Å²) in [6, 6.07) is 0.441. The lowest BCUT2D eigenvalue weighted by molar-refractivity contribution is 0.0663. The number of nitrogens with zero attached hydrogens (tertiary/aromatic N) is 1. The minimum Gasteiger partial charge on any atom is -0.326 e. The van der Waals surface area contributed by atoms with Crippen molar-refractivity contribution in [1.29, 1.82) is 0 Å². The van der Waals surface area contributed by atoms with E-state index in [4.69, 9.17) is 5.73 Å². The Hall–Kier alpha value is -0.0800. The normalized spacial score (nSPS) is 42.6. The SMILES string of the molecule is CCCN1CCC(N)C12CCC(C)CC2. The van der Waals surface area contributed by atoms with Crippen LogP contribution in [0.15, 0.2) is 0 Å². The van der Waals surface area contributed by atoms with Gasteiger partial charge in [-0.05, 0) is 51.0 Å². The van der Waals surface area contributed by atoms with Crippen LogP contribution < -0.4 is 5.73 Å². The van der Waals surface area contributed by atoms with Crippen molar-refractivity contribution in [3.63, 3.8) is 0 Å². The van der Waals surface area contributed by atoms with Gasteiger partial charge in [-0.1, -0.05) is 13.8 Å². The van der Waals surface area contributed by atoms with E-state index < -0.39 is 0 Å². The van der Waals surface area contributed by atoms with E-state index in [0.717, 1.165) is 5.92 Å². The van der Waals surface area contributed by atoms with Crippen LogP contribution in [0.5, 0.6) is 0 Å². The van der Waals surface area contributed by atoms with Crippen LogP contribution in [0.2, 0.25) is 0 Å². The predicted octanol–water partition coefficient (Wildman–Crippen LogP) is 2.38. The second kappa shape index (κ2) is 4.42. The van der Waals surface area contributed by atoms with E-state index >= 15 is 0 Å². The molecule has 0 aromatic carbocycles. The van der Waals surface area contributed by atoms with Crippen molar-refractivity contribution >= 4 is 0 Å². The van der Waals surface area contributed by atoms with Crippen molar-refractivity contribution in [2.45, 2.75) is 64.0 Å². The molecule has 2 rings (SSSR count). The average molecular weight is 210 g/mol. The van der Waals surface area contributed by atoms with Gasteiger partial charge >= 0.3 is 0 Å². The van der Waals surface area contributed by atoms with Crippen LogP contribution in [-0.4, -0.2) is 29.6 Å². The molecule has 88 valence electrons. The Bertz CT molecular complexity index is 205. The van der Waals surface area contributed by atoms with Gasteiger partial charge in [0.05, 0.1) is 0 Å². The third kappa shape index (κ3) is 1.94. The molecule has 2 aliphatic rings. The summed E-state index contributed by atoms with van der Waals surface area (Å²) in [6.45, 7) is 7.16. The fraction of sp³-hybridized carbons (Fsp3) is 1.00. The molecule has 1 saturated carbocycles. The van der Waals surface area contributed by atoms with Gasteiger partial charge in [0.2, 0.25) is 0 Å². The molecule has 2 fully saturated rings. The Kier molecular flexibility index (Phi) is 3.36. The van der Waals surface area contributed by atoms with Crippen molar-refractivity contribution in [3.05, 3.63) is 0 Å². The van der Waals surface area contributed by atoms with Crippen molar-refractivity contribution in [2.75, 3.05) is 13.1 Å². The minimum atomic E-state index is 0.391. The van der Waals surface area contributed by atoms with Crippen molar-refractivity contribution < 1.29 is 0 Å². The van der Waals surface area contributed by atoms with Gasteiger partial charge in [-0.2, -0.15) is 0 Å². The zero-order valence-electron chi connectivity index (χ0n) is 10.3. The first-order valence-corrected chi connectivity index (χ1v) is 6.69. The summed E-state index contributed by atoms with van der Waals surface area (Å²) in [5.41, 5.74) is 6.76. The monoisotopic (exact) mass is 210 g/mol. The van der Waals surface area contributed by atoms with Gasteiger partial charge in [-0.15, -0.1) is 0 Å². The lowest BCUT2D eigenvalue weighted by atomic mass is 9.73. The van der Waals surface area contributed by atoms with E-state index in [-0.39, 0.29) is 0 Å². The van der Waals surface area contributed by atoms with Crippen LogP contribution >= 0.6 is 0 Å². The molecule has 2 nitrogen and oxygen atoms in total. The first-order valence-electron chi connectivity index (χ1n) is 6.69. The van der Waals surface area contributed by atoms with E-state index in [1.54, 1.807) is 0 Å². The van der Waals surface area contributed by atoms with Crippen LogP contribution in [-0.2, 0) is 0 Å². The van der Waals surface area contributed by atoms with E-state index in [1.165, 1.54) is 51.6 Å². The summed E-state index contributed by atoms with van der Waals surface area (Å²) in [5.74, 6) is 0.923. The van der Waals surface area contributed by atoms with Crippen LogP contribution in [0.3, 0.4) is 0 Å². The number of nitrogens with two attached hydrogens (primary N) is 1. The lowest BCUT2D eigenvalue weighted by Gasteiger charge is -2.45. The van der Waals surface area contributed by atoms with Gasteiger partial charge in [0.25, 0.3) is 0 Å². The van der Waals surface area contributed by atoms with Crippen LogP contribution in [0.1, 0.15) is 52.4 Å². The molecular weight excluding hydrogens is 184 g/mol. The number of hydrogen-bond donors (Lipinski definition) is 1. The summed E-state index contributed by atoms with van der Waals surface area (Å²) in [6.07, 6.45) is 7.94. The van der Waals surface area contributed by atoms with Gasteiger partial charge in [-0.3, -0.25) is 4.90 Å². The van der Waals surface area contributed by atoms with Crippen LogP contribution in [0.25, 0.3) is 0 Å². The number of rotatable bonds is 2. The lowest BCUT2D eigenvalue weighted by Crippen LogP contribution is -2.55. The first-order chi connectivity index (χ1) is 7.19. The molecule has 0 aromatic heterocycles. The number of hydrogen-bond acceptors (Lipinski definition) is 2. The second-order valence-corrected chi connectivity index (χ2v) is 5.67. The molecule has 2 heteroatoms. The van der Waals surface area contributed by atoms with Gasteiger partial charge in [0.15, 0.2) is 0 Å². The highest BCUT2D eigenvalue weighted by Crippen LogP contribution is 2.42. The summed E-state index contributed by atoms with van der Waals surface area (Å²) >= 11 is 0. The van der Waals surface area contributed by atoms with Crippen LogP contribution in [0.4, 0.5) is 0 Å². The van der Waals surface area contributed by atoms with Gasteiger partial charge < -0.3 is 5.73 Å². The Morgan fingerprint density at radius 3 is 2.53 bits per heavy atom. The molecule has 0 radical (unpaired) electrons. The fourth-order valence-electron chi connectivity index (χ4n) is 3.57. The highest BCUT2D eigenvalue weighted by atomic mass is 15.2. The maximum Gasteiger partial charge on any atom is 0.0361 e. The van der Waals surface area contributed by atoms with E-state index in [9.17, 15) is 0 Å². The third-order valence-electron chi connectivity index (χ3n) is 4.66. The Morgan fingerprint density at radius 2 is 1.93 bits per heavy atom. The molecule has 0 aromatic rings. The van der Waals surface area contributed by atoms with Crippen LogP contribution in [0, 0.1) is 5.92 Å². The van der Waals surface area contributed by atoms with E-state index in [1.807, 2.05) is 0 Å². The maximum absolute atomic E-state index is 6.37. The average Bonchev–Trinajstić information content (AvgIpc) is 2.52. The van der Waals surface area contributed by atoms with Gasteiger partial charge in [-0.25, -0.2) is 0 Å². The number of likely N-dealkylation sites (tertiary alicyclic amines) is 1. The minimum absolute atomic E-state index is 0.391. The first kappa shape index (κ1) is 11.4. The Balaban J connectivity index is 2.08. The quantitative estimate of drug-likeness (QED) is 0.758. The zero-order chi connectivity index (χ0) is 10.9. The molecule has 1 unspecified atom stereocenters. The maximum atomic E-state index is 6.37. The summed E-state index contributed by atoms with van der Waals surface area (Å²) in [5, 5.41) is 0. The molecule has 1 aliphatic carbocycles. The molecular formula is C13H26N2. The molecule has 0 bridgehead atoms. The van der Waals surface area contributed by atoms with Gasteiger partial charge in [0, 0.05) is 18.1 Å². The highest BCUT2D eigenvalue weighted by molar-refractivity contribution is 5.06. The molecule has 15 heavy (non-hydrogen) atoms. The smallest absolute Gasteiger partial charge is 0.0361 e. The summed E-state index contributed by atoms with van der Waals surface area (Å²) in [7, 11) is 0. The molecule has 1 atom stereocenters. The molecule has 2 N–H and O–H groups in total. The van der Waals surface area contributed by atoms with Crippen molar-refractivity contribution in [3.8, 4) is 0 Å². The standard InChI is InChI=1S/C13H26N2/c1-3-9-15-10-6-12(14)13(15)7-4-11(2)5-8-13/h11-12H,3-10,14H2,1-2H3. The molecule has 1 aliphatic heterocycles. The third-order valence-corrected chi connectivity index (χ3v) is 4.66. The Labute approximate surface area is 94.2 Å². The molecule has 0 amide bonds. The summed E-state index contributed by atoms with van der Waals surface area (Å²) < 4.78 is 0. The van der Waals surface area contributed by atoms with E-state index in [2.05, 4.69) is 18.7 Å². The predicted molar refractivity (Wildman–Crippen MR) is 64.8 cm³/mol. The highest BCUT2D eigenvalue weighted by Gasteiger charge is 2.47. The van der Waals surface area contributed by atoms with Gasteiger partial charge in [0.1, 0.15) is 0 Å². The summed E-state index contributed by atoms with van der Waals surface area (Å²) in [4.78, 5) is 2.70. The Morgan fingerprint density at radius 1 is 1.27 bits per heavy atom. The molecule has 1 heterocycles. The molecule has 1 spiro atoms. The largest absolute Gasteiger partial charge is 0.326 e. The topological polar surface area (TPSA) is 29.3 Å². The van der Waals surface area contributed by atoms with Crippen molar-refractivity contribution in [2.24, 2.45) is 11.7 Å². The molecule has 1 saturated heterocycles.